The minimum atomic E-state index is 0.168. The number of nitrogens with one attached hydrogen (secondary N) is 2. The van der Waals surface area contributed by atoms with E-state index in [1.807, 2.05) is 24.3 Å². The van der Waals surface area contributed by atoms with E-state index >= 15 is 0 Å². The number of anilines is 1. The molecular weight excluding hydrogens is 356 g/mol. The zero-order valence-corrected chi connectivity index (χ0v) is 17.7. The Morgan fingerprint density at radius 3 is 2.96 bits per heavy atom. The molecule has 2 rings (SSSR count). The number of guanidine groups is 1. The van der Waals surface area contributed by atoms with Crippen LogP contribution >= 0.6 is 0 Å². The van der Waals surface area contributed by atoms with Gasteiger partial charge < -0.3 is 24.8 Å². The van der Waals surface area contributed by atoms with Crippen LogP contribution in [0.2, 0.25) is 0 Å². The van der Waals surface area contributed by atoms with Crippen LogP contribution in [0.5, 0.6) is 5.75 Å². The van der Waals surface area contributed by atoms with Gasteiger partial charge in [-0.15, -0.1) is 0 Å². The Bertz CT molecular complexity index is 595. The first-order valence-corrected chi connectivity index (χ1v) is 10.1. The molecule has 0 spiro atoms. The highest BCUT2D eigenvalue weighted by atomic mass is 16.5. The molecule has 0 aliphatic carbocycles. The Morgan fingerprint density at radius 2 is 2.21 bits per heavy atom. The van der Waals surface area contributed by atoms with E-state index < -0.39 is 0 Å². The third-order valence-electron chi connectivity index (χ3n) is 4.43. The van der Waals surface area contributed by atoms with Crippen LogP contribution in [0.1, 0.15) is 20.3 Å². The van der Waals surface area contributed by atoms with E-state index in [9.17, 15) is 0 Å². The SMILES string of the molecule is CN=C(NCC1CN(CC(C)C)CCO1)Nc1cccc(OCCCOC)c1. The van der Waals surface area contributed by atoms with E-state index in [4.69, 9.17) is 14.2 Å². The van der Waals surface area contributed by atoms with Crippen LogP contribution in [0.25, 0.3) is 0 Å². The van der Waals surface area contributed by atoms with Crippen molar-refractivity contribution >= 4 is 11.6 Å². The second-order valence-electron chi connectivity index (χ2n) is 7.45. The quantitative estimate of drug-likeness (QED) is 0.362. The van der Waals surface area contributed by atoms with Crippen LogP contribution in [0.3, 0.4) is 0 Å². The average Bonchev–Trinajstić information content (AvgIpc) is 2.68. The topological polar surface area (TPSA) is 67.4 Å². The van der Waals surface area contributed by atoms with Gasteiger partial charge >= 0.3 is 0 Å². The number of hydrogen-bond acceptors (Lipinski definition) is 5. The molecule has 7 nitrogen and oxygen atoms in total. The number of morpholine rings is 1. The highest BCUT2D eigenvalue weighted by molar-refractivity contribution is 5.93. The molecule has 1 aliphatic heterocycles. The molecule has 0 amide bonds. The van der Waals surface area contributed by atoms with Gasteiger partial charge in [-0.25, -0.2) is 0 Å². The summed E-state index contributed by atoms with van der Waals surface area (Å²) in [5.41, 5.74) is 0.934. The van der Waals surface area contributed by atoms with Gasteiger partial charge in [-0.2, -0.15) is 0 Å². The van der Waals surface area contributed by atoms with Gasteiger partial charge in [0.05, 0.1) is 19.3 Å². The highest BCUT2D eigenvalue weighted by Crippen LogP contribution is 2.17. The fraction of sp³-hybridized carbons (Fsp3) is 0.667. The van der Waals surface area contributed by atoms with E-state index in [1.54, 1.807) is 14.2 Å². The van der Waals surface area contributed by atoms with E-state index in [1.165, 1.54) is 0 Å². The largest absolute Gasteiger partial charge is 0.493 e. The van der Waals surface area contributed by atoms with Crippen LogP contribution in [-0.4, -0.2) is 77.1 Å². The summed E-state index contributed by atoms with van der Waals surface area (Å²) in [5, 5.41) is 6.69. The molecule has 1 saturated heterocycles. The maximum absolute atomic E-state index is 5.90. The third-order valence-corrected chi connectivity index (χ3v) is 4.43. The summed E-state index contributed by atoms with van der Waals surface area (Å²) in [5.74, 6) is 2.22. The van der Waals surface area contributed by atoms with E-state index in [0.29, 0.717) is 19.1 Å². The molecule has 7 heteroatoms. The number of nitrogens with zero attached hydrogens (tertiary/aromatic N) is 2. The van der Waals surface area contributed by atoms with E-state index in [2.05, 4.69) is 34.4 Å². The maximum atomic E-state index is 5.90. The Balaban J connectivity index is 1.79. The van der Waals surface area contributed by atoms with Crippen molar-refractivity contribution in [2.24, 2.45) is 10.9 Å². The van der Waals surface area contributed by atoms with E-state index in [-0.39, 0.29) is 6.10 Å². The van der Waals surface area contributed by atoms with Crippen LogP contribution in [0, 0.1) is 5.92 Å². The lowest BCUT2D eigenvalue weighted by molar-refractivity contribution is -0.0283. The van der Waals surface area contributed by atoms with Gasteiger partial charge in [0, 0.05) is 65.1 Å². The number of methoxy groups -OCH3 is 1. The zero-order valence-electron chi connectivity index (χ0n) is 17.7. The average molecular weight is 393 g/mol. The molecule has 1 aliphatic rings. The second kappa shape index (κ2) is 12.6. The summed E-state index contributed by atoms with van der Waals surface area (Å²) in [4.78, 5) is 6.79. The fourth-order valence-electron chi connectivity index (χ4n) is 3.17. The predicted molar refractivity (Wildman–Crippen MR) is 114 cm³/mol. The number of rotatable bonds is 10. The van der Waals surface area contributed by atoms with Gasteiger partial charge in [0.1, 0.15) is 5.75 Å². The molecule has 0 saturated carbocycles. The first kappa shape index (κ1) is 22.5. The standard InChI is InChI=1S/C21H36N4O3/c1-17(2)15-25-9-12-28-20(16-25)14-23-21(22-3)24-18-7-5-8-19(13-18)27-11-6-10-26-4/h5,7-8,13,17,20H,6,9-12,14-16H2,1-4H3,(H2,22,23,24). The first-order chi connectivity index (χ1) is 13.6. The van der Waals surface area contributed by atoms with Gasteiger partial charge in [0.15, 0.2) is 5.96 Å². The molecule has 1 atom stereocenters. The van der Waals surface area contributed by atoms with Crippen molar-refractivity contribution in [2.45, 2.75) is 26.4 Å². The lowest BCUT2D eigenvalue weighted by Gasteiger charge is -2.34. The van der Waals surface area contributed by atoms with Gasteiger partial charge in [0.2, 0.25) is 0 Å². The molecule has 0 bridgehead atoms. The highest BCUT2D eigenvalue weighted by Gasteiger charge is 2.21. The third kappa shape index (κ3) is 8.46. The zero-order chi connectivity index (χ0) is 20.2. The minimum Gasteiger partial charge on any atom is -0.493 e. The molecule has 1 aromatic carbocycles. The van der Waals surface area contributed by atoms with Crippen molar-refractivity contribution in [3.8, 4) is 5.75 Å². The van der Waals surface area contributed by atoms with Crippen LogP contribution in [0.4, 0.5) is 5.69 Å². The normalized spacial score (nSPS) is 18.3. The van der Waals surface area contributed by atoms with Gasteiger partial charge in [-0.05, 0) is 18.1 Å². The Morgan fingerprint density at radius 1 is 1.36 bits per heavy atom. The van der Waals surface area contributed by atoms with Crippen molar-refractivity contribution in [1.29, 1.82) is 0 Å². The molecule has 0 aromatic heterocycles. The summed E-state index contributed by atoms with van der Waals surface area (Å²) in [6, 6.07) is 7.89. The van der Waals surface area contributed by atoms with Crippen molar-refractivity contribution in [2.75, 3.05) is 65.5 Å². The predicted octanol–water partition coefficient (Wildman–Crippen LogP) is 2.45. The molecule has 28 heavy (non-hydrogen) atoms. The molecule has 158 valence electrons. The summed E-state index contributed by atoms with van der Waals surface area (Å²) in [6.45, 7) is 10.4. The number of ether oxygens (including phenoxy) is 3. The fourth-order valence-corrected chi connectivity index (χ4v) is 3.17. The molecule has 1 heterocycles. The van der Waals surface area contributed by atoms with Gasteiger partial charge in [-0.1, -0.05) is 19.9 Å². The minimum absolute atomic E-state index is 0.168. The Labute approximate surface area is 169 Å². The van der Waals surface area contributed by atoms with Crippen molar-refractivity contribution in [3.63, 3.8) is 0 Å². The van der Waals surface area contributed by atoms with E-state index in [0.717, 1.165) is 56.6 Å². The lowest BCUT2D eigenvalue weighted by atomic mass is 10.2. The molecule has 2 N–H and O–H groups in total. The Kier molecular flexibility index (Phi) is 10.1. The second-order valence-corrected chi connectivity index (χ2v) is 7.45. The van der Waals surface area contributed by atoms with Crippen molar-refractivity contribution in [3.05, 3.63) is 24.3 Å². The number of aliphatic imine (C=N–C) groups is 1. The first-order valence-electron chi connectivity index (χ1n) is 10.1. The van der Waals surface area contributed by atoms with Crippen molar-refractivity contribution in [1.82, 2.24) is 10.2 Å². The Hall–Kier alpha value is -1.83. The van der Waals surface area contributed by atoms with Crippen LogP contribution in [0.15, 0.2) is 29.3 Å². The molecular formula is C21H36N4O3. The monoisotopic (exact) mass is 392 g/mol. The smallest absolute Gasteiger partial charge is 0.195 e. The van der Waals surface area contributed by atoms with Gasteiger partial charge in [-0.3, -0.25) is 9.89 Å². The van der Waals surface area contributed by atoms with Crippen LogP contribution in [-0.2, 0) is 9.47 Å². The number of benzene rings is 1. The number of hydrogen-bond donors (Lipinski definition) is 2. The molecule has 0 radical (unpaired) electrons. The van der Waals surface area contributed by atoms with Gasteiger partial charge in [0.25, 0.3) is 0 Å². The molecule has 1 aromatic rings. The van der Waals surface area contributed by atoms with Crippen molar-refractivity contribution < 1.29 is 14.2 Å². The maximum Gasteiger partial charge on any atom is 0.195 e. The summed E-state index contributed by atoms with van der Waals surface area (Å²) < 4.78 is 16.7. The summed E-state index contributed by atoms with van der Waals surface area (Å²) in [7, 11) is 3.47. The summed E-state index contributed by atoms with van der Waals surface area (Å²) >= 11 is 0. The lowest BCUT2D eigenvalue weighted by Crippen LogP contribution is -2.49. The molecule has 1 unspecified atom stereocenters. The molecule has 1 fully saturated rings. The van der Waals surface area contributed by atoms with Crippen LogP contribution < -0.4 is 15.4 Å². The summed E-state index contributed by atoms with van der Waals surface area (Å²) in [6.07, 6.45) is 1.04.